The van der Waals surface area contributed by atoms with E-state index in [2.05, 4.69) is 27.7 Å². The van der Waals surface area contributed by atoms with Crippen LogP contribution in [0.3, 0.4) is 0 Å². The minimum absolute atomic E-state index is 0.293. The summed E-state index contributed by atoms with van der Waals surface area (Å²) < 4.78 is 0. The lowest BCUT2D eigenvalue weighted by molar-refractivity contribution is -0.128. The van der Waals surface area contributed by atoms with Crippen molar-refractivity contribution in [1.82, 2.24) is 0 Å². The first-order valence-electron chi connectivity index (χ1n) is 4.46. The van der Waals surface area contributed by atoms with Crippen molar-refractivity contribution in [2.45, 2.75) is 40.5 Å². The summed E-state index contributed by atoms with van der Waals surface area (Å²) >= 11 is 0. The highest BCUT2D eigenvalue weighted by Gasteiger charge is 2.36. The molecule has 1 nitrogen and oxygen atoms in total. The third kappa shape index (κ3) is 1.63. The smallest absolute Gasteiger partial charge is 0.136 e. The van der Waals surface area contributed by atoms with Gasteiger partial charge in [-0.15, -0.1) is 0 Å². The van der Waals surface area contributed by atoms with E-state index in [9.17, 15) is 4.79 Å². The van der Waals surface area contributed by atoms with Crippen LogP contribution in [0.5, 0.6) is 0 Å². The first kappa shape index (κ1) is 8.76. The van der Waals surface area contributed by atoms with Crippen molar-refractivity contribution in [3.63, 3.8) is 0 Å². The second kappa shape index (κ2) is 2.62. The minimum Gasteiger partial charge on any atom is -0.299 e. The molecule has 0 aromatic heterocycles. The molecule has 1 aliphatic carbocycles. The summed E-state index contributed by atoms with van der Waals surface area (Å²) in [5, 5.41) is 0. The number of carbonyl (C=O) groups excluding carboxylic acids is 1. The summed E-state index contributed by atoms with van der Waals surface area (Å²) in [5.74, 6) is 1.31. The molecule has 11 heavy (non-hydrogen) atoms. The fourth-order valence-corrected chi connectivity index (χ4v) is 1.88. The number of Topliss-reactive ketones (excluding diaryl/α,β-unsaturated/α-hetero) is 1. The van der Waals surface area contributed by atoms with E-state index in [1.807, 2.05) is 0 Å². The lowest BCUT2D eigenvalue weighted by Crippen LogP contribution is -2.35. The molecule has 0 aromatic carbocycles. The molecule has 64 valence electrons. The van der Waals surface area contributed by atoms with Crippen molar-refractivity contribution in [2.75, 3.05) is 0 Å². The van der Waals surface area contributed by atoms with E-state index in [-0.39, 0.29) is 0 Å². The van der Waals surface area contributed by atoms with Crippen LogP contribution in [0, 0.1) is 17.3 Å². The Kier molecular flexibility index (Phi) is 2.08. The van der Waals surface area contributed by atoms with E-state index in [0.29, 0.717) is 23.0 Å². The van der Waals surface area contributed by atoms with Gasteiger partial charge in [0.2, 0.25) is 0 Å². The molecule has 1 heteroatoms. The van der Waals surface area contributed by atoms with E-state index in [4.69, 9.17) is 0 Å². The SMILES string of the molecule is C[C@@H]1CC(C)(C)[C@@H](C)CC1=O. The van der Waals surface area contributed by atoms with Gasteiger partial charge in [-0.2, -0.15) is 0 Å². The first-order chi connectivity index (χ1) is 4.93. The van der Waals surface area contributed by atoms with Gasteiger partial charge in [0, 0.05) is 12.3 Å². The Labute approximate surface area is 69.2 Å². The third-order valence-electron chi connectivity index (χ3n) is 3.22. The number of hydrogen-bond acceptors (Lipinski definition) is 1. The molecule has 0 N–H and O–H groups in total. The Balaban J connectivity index is 2.70. The maximum atomic E-state index is 11.3. The summed E-state index contributed by atoms with van der Waals surface area (Å²) in [6.45, 7) is 8.76. The zero-order valence-corrected chi connectivity index (χ0v) is 7.98. The van der Waals surface area contributed by atoms with Gasteiger partial charge >= 0.3 is 0 Å². The van der Waals surface area contributed by atoms with Gasteiger partial charge in [-0.1, -0.05) is 27.7 Å². The van der Waals surface area contributed by atoms with Crippen LogP contribution in [-0.2, 0) is 4.79 Å². The van der Waals surface area contributed by atoms with E-state index < -0.39 is 0 Å². The van der Waals surface area contributed by atoms with Crippen molar-refractivity contribution < 1.29 is 4.79 Å². The normalized spacial score (nSPS) is 37.3. The van der Waals surface area contributed by atoms with Crippen LogP contribution >= 0.6 is 0 Å². The second-order valence-electron chi connectivity index (χ2n) is 4.67. The summed E-state index contributed by atoms with van der Waals surface area (Å²) in [7, 11) is 0. The van der Waals surface area contributed by atoms with Crippen LogP contribution in [0.4, 0.5) is 0 Å². The Morgan fingerprint density at radius 2 is 1.91 bits per heavy atom. The van der Waals surface area contributed by atoms with E-state index in [1.165, 1.54) is 0 Å². The molecule has 1 saturated carbocycles. The van der Waals surface area contributed by atoms with Gasteiger partial charge in [-0.05, 0) is 17.8 Å². The quantitative estimate of drug-likeness (QED) is 0.524. The monoisotopic (exact) mass is 154 g/mol. The Hall–Kier alpha value is -0.330. The van der Waals surface area contributed by atoms with Crippen molar-refractivity contribution in [2.24, 2.45) is 17.3 Å². The van der Waals surface area contributed by atoms with Crippen molar-refractivity contribution in [1.29, 1.82) is 0 Å². The molecule has 0 unspecified atom stereocenters. The van der Waals surface area contributed by atoms with Gasteiger partial charge in [0.15, 0.2) is 0 Å². The van der Waals surface area contributed by atoms with Crippen molar-refractivity contribution in [3.8, 4) is 0 Å². The van der Waals surface area contributed by atoms with Crippen LogP contribution in [0.1, 0.15) is 40.5 Å². The van der Waals surface area contributed by atoms with Gasteiger partial charge in [0.05, 0.1) is 0 Å². The largest absolute Gasteiger partial charge is 0.299 e. The van der Waals surface area contributed by atoms with Crippen LogP contribution in [-0.4, -0.2) is 5.78 Å². The topological polar surface area (TPSA) is 17.1 Å². The molecule has 0 spiro atoms. The molecule has 1 rings (SSSR count). The van der Waals surface area contributed by atoms with Gasteiger partial charge in [-0.3, -0.25) is 4.79 Å². The highest BCUT2D eigenvalue weighted by atomic mass is 16.1. The fraction of sp³-hybridized carbons (Fsp3) is 0.900. The van der Waals surface area contributed by atoms with Crippen LogP contribution in [0.15, 0.2) is 0 Å². The molecule has 0 radical (unpaired) electrons. The predicted molar refractivity (Wildman–Crippen MR) is 46.4 cm³/mol. The van der Waals surface area contributed by atoms with Crippen LogP contribution in [0.2, 0.25) is 0 Å². The Bertz CT molecular complexity index is 170. The maximum absolute atomic E-state index is 11.3. The summed E-state index contributed by atoms with van der Waals surface area (Å²) in [5.41, 5.74) is 0.368. The molecule has 0 aliphatic heterocycles. The molecule has 0 heterocycles. The van der Waals surface area contributed by atoms with Gasteiger partial charge in [-0.25, -0.2) is 0 Å². The Morgan fingerprint density at radius 1 is 1.36 bits per heavy atom. The number of hydrogen-bond donors (Lipinski definition) is 0. The summed E-state index contributed by atoms with van der Waals surface area (Å²) in [6, 6.07) is 0. The highest BCUT2D eigenvalue weighted by molar-refractivity contribution is 5.81. The van der Waals surface area contributed by atoms with E-state index >= 15 is 0 Å². The number of rotatable bonds is 0. The molecule has 0 aromatic rings. The lowest BCUT2D eigenvalue weighted by Gasteiger charge is -2.38. The highest BCUT2D eigenvalue weighted by Crippen LogP contribution is 2.40. The average molecular weight is 154 g/mol. The molecule has 1 aliphatic rings. The van der Waals surface area contributed by atoms with Crippen molar-refractivity contribution in [3.05, 3.63) is 0 Å². The lowest BCUT2D eigenvalue weighted by atomic mass is 9.66. The van der Waals surface area contributed by atoms with Gasteiger partial charge in [0.25, 0.3) is 0 Å². The molecular formula is C10H18O. The Morgan fingerprint density at radius 3 is 2.36 bits per heavy atom. The molecular weight excluding hydrogens is 136 g/mol. The van der Waals surface area contributed by atoms with Crippen LogP contribution in [0.25, 0.3) is 0 Å². The van der Waals surface area contributed by atoms with E-state index in [0.717, 1.165) is 12.8 Å². The molecule has 1 fully saturated rings. The standard InChI is InChI=1S/C10H18O/c1-7-6-10(3,4)8(2)5-9(7)11/h7-8H,5-6H2,1-4H3/t7-,8+/m1/s1. The third-order valence-corrected chi connectivity index (χ3v) is 3.22. The summed E-state index contributed by atoms with van der Waals surface area (Å²) in [4.78, 5) is 11.3. The number of ketones is 1. The zero-order valence-electron chi connectivity index (χ0n) is 7.98. The average Bonchev–Trinajstić information content (AvgIpc) is 1.83. The molecule has 0 bridgehead atoms. The molecule has 0 saturated heterocycles. The van der Waals surface area contributed by atoms with Crippen LogP contribution < -0.4 is 0 Å². The van der Waals surface area contributed by atoms with Gasteiger partial charge in [0.1, 0.15) is 5.78 Å². The minimum atomic E-state index is 0.293. The van der Waals surface area contributed by atoms with Crippen molar-refractivity contribution >= 4 is 5.78 Å². The first-order valence-corrected chi connectivity index (χ1v) is 4.46. The number of carbonyl (C=O) groups is 1. The van der Waals surface area contributed by atoms with Gasteiger partial charge < -0.3 is 0 Å². The zero-order chi connectivity index (χ0) is 8.65. The predicted octanol–water partition coefficient (Wildman–Crippen LogP) is 2.65. The maximum Gasteiger partial charge on any atom is 0.136 e. The summed E-state index contributed by atoms with van der Waals surface area (Å²) in [6.07, 6.45) is 1.85. The second-order valence-corrected chi connectivity index (χ2v) is 4.67. The fourth-order valence-electron chi connectivity index (χ4n) is 1.88. The molecule has 2 atom stereocenters. The van der Waals surface area contributed by atoms with E-state index in [1.54, 1.807) is 0 Å². The molecule has 0 amide bonds.